The summed E-state index contributed by atoms with van der Waals surface area (Å²) in [5.74, 6) is 0. The largest absolute Gasteiger partial charge is 0.330 e. The zero-order valence-corrected chi connectivity index (χ0v) is 11.4. The summed E-state index contributed by atoms with van der Waals surface area (Å²) in [7, 11) is 1.99. The van der Waals surface area contributed by atoms with Gasteiger partial charge in [-0.3, -0.25) is 0 Å². The van der Waals surface area contributed by atoms with Crippen molar-refractivity contribution >= 4 is 0 Å². The van der Waals surface area contributed by atoms with E-state index in [0.717, 1.165) is 45.7 Å². The summed E-state index contributed by atoms with van der Waals surface area (Å²) in [6.07, 6.45) is 3.48. The first kappa shape index (κ1) is 18.2. The van der Waals surface area contributed by atoms with Crippen LogP contribution in [-0.4, -0.2) is 46.3 Å². The molecule has 0 aromatic rings. The van der Waals surface area contributed by atoms with E-state index in [-0.39, 0.29) is 0 Å². The molecular formula is C12H32N4. The summed E-state index contributed by atoms with van der Waals surface area (Å²) in [6.45, 7) is 10.3. The maximum Gasteiger partial charge on any atom is -0.00368 e. The molecule has 0 aliphatic carbocycles. The normalized spacial score (nSPS) is 9.75. The van der Waals surface area contributed by atoms with Crippen molar-refractivity contribution in [3.05, 3.63) is 0 Å². The van der Waals surface area contributed by atoms with E-state index in [4.69, 9.17) is 5.73 Å². The van der Waals surface area contributed by atoms with Gasteiger partial charge in [0, 0.05) is 0 Å². The zero-order chi connectivity index (χ0) is 12.5. The summed E-state index contributed by atoms with van der Waals surface area (Å²) in [5.41, 5.74) is 5.38. The fourth-order valence-electron chi connectivity index (χ4n) is 1.21. The van der Waals surface area contributed by atoms with E-state index in [1.54, 1.807) is 0 Å². The second-order valence-corrected chi connectivity index (χ2v) is 3.45. The molecule has 0 saturated carbocycles. The number of hydrogen-bond acceptors (Lipinski definition) is 4. The molecule has 4 heteroatoms. The van der Waals surface area contributed by atoms with Crippen molar-refractivity contribution in [3.63, 3.8) is 0 Å². The van der Waals surface area contributed by atoms with Crippen LogP contribution in [0.25, 0.3) is 0 Å². The van der Waals surface area contributed by atoms with Gasteiger partial charge in [-0.1, -0.05) is 13.8 Å². The summed E-state index contributed by atoms with van der Waals surface area (Å²) in [6, 6.07) is 0. The second kappa shape index (κ2) is 20.3. The highest BCUT2D eigenvalue weighted by atomic mass is 14.9. The Hall–Kier alpha value is -0.160. The predicted octanol–water partition coefficient (Wildman–Crippen LogP) is 0.540. The molecule has 0 atom stereocenters. The molecule has 0 aliphatic heterocycles. The highest BCUT2D eigenvalue weighted by Gasteiger charge is 1.88. The molecule has 0 heterocycles. The molecule has 0 amide bonds. The smallest absolute Gasteiger partial charge is 0.00368 e. The molecule has 0 radical (unpaired) electrons. The summed E-state index contributed by atoms with van der Waals surface area (Å²) < 4.78 is 0. The number of nitrogens with one attached hydrogen (secondary N) is 3. The van der Waals surface area contributed by atoms with Gasteiger partial charge >= 0.3 is 0 Å². The molecule has 4 nitrogen and oxygen atoms in total. The third kappa shape index (κ3) is 19.4. The minimum absolute atomic E-state index is 0.787. The number of nitrogens with two attached hydrogens (primary N) is 1. The third-order valence-corrected chi connectivity index (χ3v) is 2.05. The molecular weight excluding hydrogens is 200 g/mol. The maximum absolute atomic E-state index is 5.38. The Bertz CT molecular complexity index is 87.0. The molecule has 0 fully saturated rings. The van der Waals surface area contributed by atoms with Gasteiger partial charge in [0.05, 0.1) is 0 Å². The molecule has 16 heavy (non-hydrogen) atoms. The van der Waals surface area contributed by atoms with Crippen LogP contribution in [0.2, 0.25) is 0 Å². The van der Waals surface area contributed by atoms with E-state index in [9.17, 15) is 0 Å². The van der Waals surface area contributed by atoms with Crippen molar-refractivity contribution < 1.29 is 0 Å². The lowest BCUT2D eigenvalue weighted by atomic mass is 10.3. The molecule has 0 rings (SSSR count). The van der Waals surface area contributed by atoms with Gasteiger partial charge in [-0.05, 0) is 65.6 Å². The first-order valence-electron chi connectivity index (χ1n) is 6.68. The SMILES string of the molecule is CC.CNCCCNCCCNCCCN. The molecule has 100 valence electrons. The van der Waals surface area contributed by atoms with Crippen molar-refractivity contribution in [1.29, 1.82) is 0 Å². The minimum atomic E-state index is 0.787. The molecule has 0 bridgehead atoms. The summed E-state index contributed by atoms with van der Waals surface area (Å²) in [5, 5.41) is 9.89. The Kier molecular flexibility index (Phi) is 23.1. The van der Waals surface area contributed by atoms with Gasteiger partial charge in [0.25, 0.3) is 0 Å². The Balaban J connectivity index is 0. The predicted molar refractivity (Wildman–Crippen MR) is 73.9 cm³/mol. The first-order chi connectivity index (χ1) is 7.91. The maximum atomic E-state index is 5.38. The zero-order valence-electron chi connectivity index (χ0n) is 11.4. The number of rotatable bonds is 11. The van der Waals surface area contributed by atoms with Crippen LogP contribution in [0, 0.1) is 0 Å². The Labute approximate surface area is 102 Å². The van der Waals surface area contributed by atoms with Crippen molar-refractivity contribution in [1.82, 2.24) is 16.0 Å². The van der Waals surface area contributed by atoms with E-state index < -0.39 is 0 Å². The van der Waals surface area contributed by atoms with Gasteiger partial charge in [0.2, 0.25) is 0 Å². The fraction of sp³-hybridized carbons (Fsp3) is 1.00. The highest BCUT2D eigenvalue weighted by molar-refractivity contribution is 4.53. The van der Waals surface area contributed by atoms with Crippen LogP contribution >= 0.6 is 0 Å². The highest BCUT2D eigenvalue weighted by Crippen LogP contribution is 1.77. The standard InChI is InChI=1S/C10H26N4.C2H6/c1-12-6-3-8-14-10-4-9-13-7-2-5-11;1-2/h12-14H,2-11H2,1H3;1-2H3. The van der Waals surface area contributed by atoms with Gasteiger partial charge in [-0.15, -0.1) is 0 Å². The van der Waals surface area contributed by atoms with Crippen LogP contribution in [-0.2, 0) is 0 Å². The van der Waals surface area contributed by atoms with Gasteiger partial charge < -0.3 is 21.7 Å². The summed E-state index contributed by atoms with van der Waals surface area (Å²) in [4.78, 5) is 0. The van der Waals surface area contributed by atoms with Gasteiger partial charge in [-0.25, -0.2) is 0 Å². The van der Waals surface area contributed by atoms with Gasteiger partial charge in [-0.2, -0.15) is 0 Å². The molecule has 0 aromatic carbocycles. The minimum Gasteiger partial charge on any atom is -0.330 e. The molecule has 0 unspecified atom stereocenters. The lowest BCUT2D eigenvalue weighted by Gasteiger charge is -2.05. The molecule has 0 aliphatic rings. The van der Waals surface area contributed by atoms with Crippen LogP contribution in [0.4, 0.5) is 0 Å². The lowest BCUT2D eigenvalue weighted by Crippen LogP contribution is -2.25. The quantitative estimate of drug-likeness (QED) is 0.393. The van der Waals surface area contributed by atoms with E-state index >= 15 is 0 Å². The van der Waals surface area contributed by atoms with Crippen LogP contribution in [0.3, 0.4) is 0 Å². The van der Waals surface area contributed by atoms with Crippen molar-refractivity contribution in [2.45, 2.75) is 33.1 Å². The molecule has 5 N–H and O–H groups in total. The van der Waals surface area contributed by atoms with E-state index in [1.165, 1.54) is 12.8 Å². The number of hydrogen-bond donors (Lipinski definition) is 4. The Morgan fingerprint density at radius 3 is 1.62 bits per heavy atom. The van der Waals surface area contributed by atoms with Gasteiger partial charge in [0.1, 0.15) is 0 Å². The first-order valence-corrected chi connectivity index (χ1v) is 6.68. The van der Waals surface area contributed by atoms with Crippen molar-refractivity contribution in [3.8, 4) is 0 Å². The Morgan fingerprint density at radius 2 is 1.19 bits per heavy atom. The van der Waals surface area contributed by atoms with E-state index in [0.29, 0.717) is 0 Å². The lowest BCUT2D eigenvalue weighted by molar-refractivity contribution is 0.571. The van der Waals surface area contributed by atoms with Crippen LogP contribution in [0.5, 0.6) is 0 Å². The van der Waals surface area contributed by atoms with E-state index in [1.807, 2.05) is 20.9 Å². The van der Waals surface area contributed by atoms with Crippen molar-refractivity contribution in [2.24, 2.45) is 5.73 Å². The average Bonchev–Trinajstić information content (AvgIpc) is 2.34. The molecule has 0 saturated heterocycles. The second-order valence-electron chi connectivity index (χ2n) is 3.45. The fourth-order valence-corrected chi connectivity index (χ4v) is 1.21. The van der Waals surface area contributed by atoms with Crippen molar-refractivity contribution in [2.75, 3.05) is 46.3 Å². The summed E-state index contributed by atoms with van der Waals surface area (Å²) >= 11 is 0. The van der Waals surface area contributed by atoms with Crippen LogP contribution in [0.1, 0.15) is 33.1 Å². The van der Waals surface area contributed by atoms with E-state index in [2.05, 4.69) is 16.0 Å². The molecule has 0 aromatic heterocycles. The topological polar surface area (TPSA) is 62.1 Å². The van der Waals surface area contributed by atoms with Crippen LogP contribution < -0.4 is 21.7 Å². The third-order valence-electron chi connectivity index (χ3n) is 2.05. The van der Waals surface area contributed by atoms with Gasteiger partial charge in [0.15, 0.2) is 0 Å². The van der Waals surface area contributed by atoms with Crippen LogP contribution in [0.15, 0.2) is 0 Å². The monoisotopic (exact) mass is 232 g/mol. The average molecular weight is 232 g/mol. The molecule has 0 spiro atoms. The Morgan fingerprint density at radius 1 is 0.750 bits per heavy atom.